The molecule has 0 aromatic heterocycles. The molecule has 0 spiro atoms. The molecule has 2 N–H and O–H groups in total. The number of methoxy groups -OCH3 is 1. The van der Waals surface area contributed by atoms with Gasteiger partial charge in [-0.3, -0.25) is 14.4 Å². The number of rotatable bonds is 8. The van der Waals surface area contributed by atoms with Crippen LogP contribution in [0.2, 0.25) is 0 Å². The second kappa shape index (κ2) is 12.2. The van der Waals surface area contributed by atoms with Gasteiger partial charge in [-0.1, -0.05) is 32.0 Å². The van der Waals surface area contributed by atoms with Crippen molar-refractivity contribution >= 4 is 23.9 Å². The number of benzene rings is 1. The minimum Gasteiger partial charge on any atom is -0.468 e. The third-order valence-corrected chi connectivity index (χ3v) is 5.55. The first-order valence-electron chi connectivity index (χ1n) is 12.1. The van der Waals surface area contributed by atoms with Gasteiger partial charge in [0.2, 0.25) is 11.8 Å². The molecule has 0 heterocycles. The number of alkyl carbamates (subject to hydrolysis) is 1. The van der Waals surface area contributed by atoms with E-state index in [0.29, 0.717) is 5.56 Å². The lowest BCUT2D eigenvalue weighted by molar-refractivity contribution is -0.150. The van der Waals surface area contributed by atoms with Crippen LogP contribution in [0.1, 0.15) is 78.1 Å². The summed E-state index contributed by atoms with van der Waals surface area (Å²) >= 11 is 0. The predicted octanol–water partition coefficient (Wildman–Crippen LogP) is 3.81. The number of ether oxygens (including phenoxy) is 2. The van der Waals surface area contributed by atoms with Crippen molar-refractivity contribution in [3.8, 4) is 0 Å². The number of esters is 1. The molecule has 1 aromatic rings. The van der Waals surface area contributed by atoms with E-state index < -0.39 is 47.1 Å². The van der Waals surface area contributed by atoms with Crippen LogP contribution in [0.5, 0.6) is 0 Å². The highest BCUT2D eigenvalue weighted by Gasteiger charge is 2.42. The van der Waals surface area contributed by atoms with Crippen LogP contribution in [-0.2, 0) is 23.9 Å². The van der Waals surface area contributed by atoms with E-state index in [1.807, 2.05) is 60.6 Å². The molecule has 2 unspecified atom stereocenters. The number of nitrogens with zero attached hydrogens (tertiary/aromatic N) is 1. The first-order valence-corrected chi connectivity index (χ1v) is 12.1. The molecule has 9 heteroatoms. The van der Waals surface area contributed by atoms with Crippen molar-refractivity contribution in [1.82, 2.24) is 15.5 Å². The van der Waals surface area contributed by atoms with Crippen molar-refractivity contribution in [2.24, 2.45) is 5.92 Å². The summed E-state index contributed by atoms with van der Waals surface area (Å²) in [4.78, 5) is 53.4. The van der Waals surface area contributed by atoms with Gasteiger partial charge in [0.15, 0.2) is 0 Å². The van der Waals surface area contributed by atoms with Gasteiger partial charge >= 0.3 is 12.1 Å². The SMILES string of the molecule is COC(=O)CNC(=O)C(c1ccc(C)c(C)c1)N(C(=O)C(NC(=O)OC(C)(C)C)C(C)C)C(C)(C)C. The van der Waals surface area contributed by atoms with E-state index in [1.165, 1.54) is 12.0 Å². The Hall–Kier alpha value is -3.10. The highest BCUT2D eigenvalue weighted by Crippen LogP contribution is 2.32. The van der Waals surface area contributed by atoms with Crippen LogP contribution in [0.3, 0.4) is 0 Å². The highest BCUT2D eigenvalue weighted by atomic mass is 16.6. The Morgan fingerprint density at radius 3 is 2.00 bits per heavy atom. The van der Waals surface area contributed by atoms with Crippen molar-refractivity contribution in [2.75, 3.05) is 13.7 Å². The first kappa shape index (κ1) is 30.9. The summed E-state index contributed by atoms with van der Waals surface area (Å²) in [5.74, 6) is -1.89. The Balaban J connectivity index is 3.58. The number of carbonyl (C=O) groups excluding carboxylic acids is 4. The van der Waals surface area contributed by atoms with Crippen LogP contribution >= 0.6 is 0 Å². The number of aryl methyl sites for hydroxylation is 2. The van der Waals surface area contributed by atoms with Gasteiger partial charge in [0, 0.05) is 5.54 Å². The topological polar surface area (TPSA) is 114 Å². The summed E-state index contributed by atoms with van der Waals surface area (Å²) in [6.07, 6.45) is -0.721. The Morgan fingerprint density at radius 1 is 0.972 bits per heavy atom. The van der Waals surface area contributed by atoms with E-state index in [-0.39, 0.29) is 12.5 Å². The van der Waals surface area contributed by atoms with E-state index in [2.05, 4.69) is 15.4 Å². The Kier molecular flexibility index (Phi) is 10.5. The molecule has 0 saturated heterocycles. The number of hydrogen-bond donors (Lipinski definition) is 2. The molecular weight excluding hydrogens is 462 g/mol. The van der Waals surface area contributed by atoms with Gasteiger partial charge in [-0.15, -0.1) is 0 Å². The van der Waals surface area contributed by atoms with E-state index in [9.17, 15) is 19.2 Å². The lowest BCUT2D eigenvalue weighted by Gasteiger charge is -2.43. The molecule has 202 valence electrons. The monoisotopic (exact) mass is 505 g/mol. The van der Waals surface area contributed by atoms with E-state index in [4.69, 9.17) is 4.74 Å². The second-order valence-electron chi connectivity index (χ2n) is 11.3. The fraction of sp³-hybridized carbons (Fsp3) is 0.630. The standard InChI is InChI=1S/C27H43N3O6/c1-16(2)21(29-25(34)36-27(8,9)10)24(33)30(26(5,6)7)22(23(32)28-15-20(31)35-11)19-13-12-17(3)18(4)14-19/h12-14,16,21-22H,15H2,1-11H3,(H,28,32)(H,29,34). The van der Waals surface area contributed by atoms with Crippen molar-refractivity contribution in [3.63, 3.8) is 0 Å². The molecule has 0 bridgehead atoms. The molecule has 0 aliphatic rings. The fourth-order valence-electron chi connectivity index (χ4n) is 3.62. The predicted molar refractivity (Wildman–Crippen MR) is 138 cm³/mol. The van der Waals surface area contributed by atoms with Crippen LogP contribution in [0.15, 0.2) is 18.2 Å². The minimum absolute atomic E-state index is 0.298. The lowest BCUT2D eigenvalue weighted by Crippen LogP contribution is -2.60. The largest absolute Gasteiger partial charge is 0.468 e. The molecule has 0 fully saturated rings. The molecule has 0 saturated carbocycles. The summed E-state index contributed by atoms with van der Waals surface area (Å²) in [5.41, 5.74) is 1.00. The summed E-state index contributed by atoms with van der Waals surface area (Å²) in [6, 6.07) is 3.51. The van der Waals surface area contributed by atoms with E-state index in [1.54, 1.807) is 26.8 Å². The van der Waals surface area contributed by atoms with Gasteiger partial charge in [-0.2, -0.15) is 0 Å². The Morgan fingerprint density at radius 2 is 1.56 bits per heavy atom. The molecule has 1 aromatic carbocycles. The molecule has 3 amide bonds. The van der Waals surface area contributed by atoms with Crippen LogP contribution in [0.4, 0.5) is 4.79 Å². The number of carbonyl (C=O) groups is 4. The van der Waals surface area contributed by atoms with Gasteiger partial charge in [0.1, 0.15) is 24.2 Å². The average Bonchev–Trinajstić information content (AvgIpc) is 2.73. The molecular formula is C27H43N3O6. The number of nitrogens with one attached hydrogen (secondary N) is 2. The summed E-state index contributed by atoms with van der Waals surface area (Å²) in [5, 5.41) is 5.29. The van der Waals surface area contributed by atoms with Gasteiger partial charge < -0.3 is 25.0 Å². The fourth-order valence-corrected chi connectivity index (χ4v) is 3.62. The first-order chi connectivity index (χ1) is 16.4. The van der Waals surface area contributed by atoms with Crippen LogP contribution in [-0.4, -0.2) is 59.6 Å². The maximum Gasteiger partial charge on any atom is 0.408 e. The van der Waals surface area contributed by atoms with E-state index in [0.717, 1.165) is 11.1 Å². The number of hydrogen-bond acceptors (Lipinski definition) is 6. The summed E-state index contributed by atoms with van der Waals surface area (Å²) in [6.45, 7) is 17.8. The maximum absolute atomic E-state index is 14.1. The molecule has 0 radical (unpaired) electrons. The Bertz CT molecular complexity index is 959. The van der Waals surface area contributed by atoms with Gasteiger partial charge in [-0.05, 0) is 78.0 Å². The minimum atomic E-state index is -1.07. The maximum atomic E-state index is 14.1. The normalized spacial score (nSPS) is 13.4. The van der Waals surface area contributed by atoms with Crippen molar-refractivity contribution < 1.29 is 28.7 Å². The summed E-state index contributed by atoms with van der Waals surface area (Å²) in [7, 11) is 1.23. The third kappa shape index (κ3) is 8.84. The van der Waals surface area contributed by atoms with Gasteiger partial charge in [-0.25, -0.2) is 4.79 Å². The van der Waals surface area contributed by atoms with Crippen molar-refractivity contribution in [1.29, 1.82) is 0 Å². The lowest BCUT2D eigenvalue weighted by atomic mass is 9.92. The molecule has 2 atom stereocenters. The summed E-state index contributed by atoms with van der Waals surface area (Å²) < 4.78 is 10.0. The smallest absolute Gasteiger partial charge is 0.408 e. The van der Waals surface area contributed by atoms with Crippen molar-refractivity contribution in [2.45, 2.75) is 92.5 Å². The molecule has 1 rings (SSSR count). The second-order valence-corrected chi connectivity index (χ2v) is 11.3. The zero-order valence-electron chi connectivity index (χ0n) is 23.6. The molecule has 0 aliphatic carbocycles. The third-order valence-electron chi connectivity index (χ3n) is 5.55. The van der Waals surface area contributed by atoms with Crippen LogP contribution < -0.4 is 10.6 Å². The van der Waals surface area contributed by atoms with Crippen LogP contribution in [0, 0.1) is 19.8 Å². The zero-order valence-corrected chi connectivity index (χ0v) is 23.6. The van der Waals surface area contributed by atoms with Gasteiger partial charge in [0.05, 0.1) is 7.11 Å². The van der Waals surface area contributed by atoms with Crippen molar-refractivity contribution in [3.05, 3.63) is 34.9 Å². The average molecular weight is 506 g/mol. The van der Waals surface area contributed by atoms with Crippen LogP contribution in [0.25, 0.3) is 0 Å². The highest BCUT2D eigenvalue weighted by molar-refractivity contribution is 5.93. The number of amides is 3. The molecule has 0 aliphatic heterocycles. The Labute approximate surface area is 215 Å². The molecule has 9 nitrogen and oxygen atoms in total. The van der Waals surface area contributed by atoms with E-state index >= 15 is 0 Å². The molecule has 36 heavy (non-hydrogen) atoms. The quantitative estimate of drug-likeness (QED) is 0.520. The van der Waals surface area contributed by atoms with Gasteiger partial charge in [0.25, 0.3) is 0 Å². The zero-order chi connectivity index (χ0) is 28.0.